The van der Waals surface area contributed by atoms with Gasteiger partial charge in [-0.2, -0.15) is 0 Å². The fraction of sp³-hybridized carbons (Fsp3) is 0.385. The van der Waals surface area contributed by atoms with E-state index in [2.05, 4.69) is 5.32 Å². The van der Waals surface area contributed by atoms with Gasteiger partial charge in [0.25, 0.3) is 0 Å². The summed E-state index contributed by atoms with van der Waals surface area (Å²) in [5.74, 6) is -0.439. The Bertz CT molecular complexity index is 431. The quantitative estimate of drug-likeness (QED) is 0.565. The number of ketones is 1. The van der Waals surface area contributed by atoms with Gasteiger partial charge in [0.15, 0.2) is 5.78 Å². The largest absolute Gasteiger partial charge is 0.492 e. The summed E-state index contributed by atoms with van der Waals surface area (Å²) in [6.07, 6.45) is 0. The molecule has 0 aliphatic rings. The lowest BCUT2D eigenvalue weighted by atomic mass is 10.1. The van der Waals surface area contributed by atoms with Crippen LogP contribution in [0.25, 0.3) is 0 Å². The maximum Gasteiger partial charge on any atom is 0.320 e. The first kappa shape index (κ1) is 14.2. The Labute approximate surface area is 106 Å². The fourth-order valence-electron chi connectivity index (χ4n) is 1.41. The van der Waals surface area contributed by atoms with Crippen LogP contribution < -0.4 is 10.1 Å². The lowest BCUT2D eigenvalue weighted by Gasteiger charge is -2.12. The molecule has 2 N–H and O–H groups in total. The third-order valence-electron chi connectivity index (χ3n) is 2.45. The average molecular weight is 251 g/mol. The van der Waals surface area contributed by atoms with Crippen molar-refractivity contribution in [1.82, 2.24) is 5.32 Å². The summed E-state index contributed by atoms with van der Waals surface area (Å²) in [6, 6.07) is 6.36. The van der Waals surface area contributed by atoms with Gasteiger partial charge in [-0.1, -0.05) is 12.1 Å². The summed E-state index contributed by atoms with van der Waals surface area (Å²) in [5, 5.41) is 11.5. The maximum absolute atomic E-state index is 11.3. The number of rotatable bonds is 7. The van der Waals surface area contributed by atoms with Crippen molar-refractivity contribution >= 4 is 11.8 Å². The van der Waals surface area contributed by atoms with Gasteiger partial charge in [-0.05, 0) is 26.0 Å². The third-order valence-corrected chi connectivity index (χ3v) is 2.45. The van der Waals surface area contributed by atoms with E-state index in [1.807, 2.05) is 0 Å². The second kappa shape index (κ2) is 6.76. The highest BCUT2D eigenvalue weighted by atomic mass is 16.5. The Morgan fingerprint density at radius 3 is 2.67 bits per heavy atom. The number of para-hydroxylation sites is 1. The number of carboxylic acids is 1. The lowest BCUT2D eigenvalue weighted by Crippen LogP contribution is -2.36. The van der Waals surface area contributed by atoms with Gasteiger partial charge in [0.05, 0.1) is 5.56 Å². The van der Waals surface area contributed by atoms with Gasteiger partial charge in [0.1, 0.15) is 18.4 Å². The van der Waals surface area contributed by atoms with E-state index >= 15 is 0 Å². The third kappa shape index (κ3) is 4.18. The van der Waals surface area contributed by atoms with Crippen molar-refractivity contribution in [1.29, 1.82) is 0 Å². The molecule has 0 aliphatic carbocycles. The predicted octanol–water partition coefficient (Wildman–Crippen LogP) is 1.33. The molecule has 1 aromatic carbocycles. The summed E-state index contributed by atoms with van der Waals surface area (Å²) in [6.45, 7) is 3.75. The molecule has 0 saturated carbocycles. The number of carbonyl (C=O) groups is 2. The van der Waals surface area contributed by atoms with Crippen molar-refractivity contribution in [3.8, 4) is 5.75 Å². The Balaban J connectivity index is 2.45. The molecule has 0 spiro atoms. The molecule has 1 rings (SSSR count). The van der Waals surface area contributed by atoms with E-state index in [9.17, 15) is 9.59 Å². The lowest BCUT2D eigenvalue weighted by molar-refractivity contribution is -0.139. The number of Topliss-reactive ketones (excluding diaryl/α,β-unsaturated/α-hetero) is 1. The van der Waals surface area contributed by atoms with Crippen LogP contribution in [0.4, 0.5) is 0 Å². The number of hydrogen-bond donors (Lipinski definition) is 2. The Kier molecular flexibility index (Phi) is 5.32. The van der Waals surface area contributed by atoms with Crippen molar-refractivity contribution in [3.05, 3.63) is 29.8 Å². The molecular formula is C13H17NO4. The number of carboxylic acid groups (broad SMARTS) is 1. The zero-order chi connectivity index (χ0) is 13.5. The van der Waals surface area contributed by atoms with Crippen LogP contribution in [0.15, 0.2) is 24.3 Å². The van der Waals surface area contributed by atoms with Gasteiger partial charge < -0.3 is 15.2 Å². The summed E-state index contributed by atoms with van der Waals surface area (Å²) >= 11 is 0. The van der Waals surface area contributed by atoms with Crippen LogP contribution in [0.2, 0.25) is 0 Å². The van der Waals surface area contributed by atoms with E-state index in [1.54, 1.807) is 31.2 Å². The molecule has 0 aromatic heterocycles. The molecule has 98 valence electrons. The van der Waals surface area contributed by atoms with Gasteiger partial charge in [-0.3, -0.25) is 9.59 Å². The van der Waals surface area contributed by atoms with Gasteiger partial charge in [0, 0.05) is 6.54 Å². The molecular weight excluding hydrogens is 234 g/mol. The van der Waals surface area contributed by atoms with Gasteiger partial charge in [0.2, 0.25) is 0 Å². The molecule has 1 atom stereocenters. The molecule has 1 aromatic rings. The molecule has 0 aliphatic heterocycles. The second-order valence-corrected chi connectivity index (χ2v) is 3.91. The summed E-state index contributed by atoms with van der Waals surface area (Å²) in [4.78, 5) is 21.9. The SMILES string of the molecule is CC(=O)c1ccccc1OCCN[C@@H](C)C(=O)O. The number of hydrogen-bond acceptors (Lipinski definition) is 4. The maximum atomic E-state index is 11.3. The Hall–Kier alpha value is -1.88. The molecule has 0 bridgehead atoms. The highest BCUT2D eigenvalue weighted by Gasteiger charge is 2.10. The minimum absolute atomic E-state index is 0.0579. The number of ether oxygens (including phenoxy) is 1. The van der Waals surface area contributed by atoms with Gasteiger partial charge >= 0.3 is 5.97 Å². The zero-order valence-corrected chi connectivity index (χ0v) is 10.5. The molecule has 0 unspecified atom stereocenters. The average Bonchev–Trinajstić information content (AvgIpc) is 2.34. The van der Waals surface area contributed by atoms with Crippen LogP contribution in [0, 0.1) is 0 Å². The molecule has 5 heteroatoms. The highest BCUT2D eigenvalue weighted by Crippen LogP contribution is 2.17. The summed E-state index contributed by atoms with van der Waals surface area (Å²) in [7, 11) is 0. The van der Waals surface area contributed by atoms with Crippen LogP contribution in [-0.2, 0) is 4.79 Å². The first-order valence-electron chi connectivity index (χ1n) is 5.71. The van der Waals surface area contributed by atoms with Crippen LogP contribution in [0.1, 0.15) is 24.2 Å². The van der Waals surface area contributed by atoms with E-state index in [1.165, 1.54) is 6.92 Å². The molecule has 18 heavy (non-hydrogen) atoms. The number of nitrogens with one attached hydrogen (secondary N) is 1. The van der Waals surface area contributed by atoms with Crippen LogP contribution in [0.3, 0.4) is 0 Å². The van der Waals surface area contributed by atoms with Crippen molar-refractivity contribution < 1.29 is 19.4 Å². The zero-order valence-electron chi connectivity index (χ0n) is 10.5. The summed E-state index contributed by atoms with van der Waals surface area (Å²) in [5.41, 5.74) is 0.531. The van der Waals surface area contributed by atoms with Crippen molar-refractivity contribution in [2.24, 2.45) is 0 Å². The van der Waals surface area contributed by atoms with Crippen LogP contribution in [-0.4, -0.2) is 36.1 Å². The molecule has 0 fully saturated rings. The van der Waals surface area contributed by atoms with Crippen molar-refractivity contribution in [3.63, 3.8) is 0 Å². The minimum atomic E-state index is -0.904. The van der Waals surface area contributed by atoms with E-state index < -0.39 is 12.0 Å². The van der Waals surface area contributed by atoms with Crippen molar-refractivity contribution in [2.75, 3.05) is 13.2 Å². The predicted molar refractivity (Wildman–Crippen MR) is 67.0 cm³/mol. The van der Waals surface area contributed by atoms with Gasteiger partial charge in [-0.25, -0.2) is 0 Å². The molecule has 0 radical (unpaired) electrons. The van der Waals surface area contributed by atoms with Gasteiger partial charge in [-0.15, -0.1) is 0 Å². The molecule has 0 heterocycles. The first-order chi connectivity index (χ1) is 8.52. The van der Waals surface area contributed by atoms with E-state index in [0.29, 0.717) is 24.5 Å². The molecule has 0 saturated heterocycles. The molecule has 5 nitrogen and oxygen atoms in total. The monoisotopic (exact) mass is 251 g/mol. The van der Waals surface area contributed by atoms with E-state index in [0.717, 1.165) is 0 Å². The fourth-order valence-corrected chi connectivity index (χ4v) is 1.41. The Morgan fingerprint density at radius 1 is 1.39 bits per heavy atom. The standard InChI is InChI=1S/C13H17NO4/c1-9(13(16)17)14-7-8-18-12-6-4-3-5-11(12)10(2)15/h3-6,9,14H,7-8H2,1-2H3,(H,16,17)/t9-/m0/s1. The number of aliphatic carboxylic acids is 1. The van der Waals surface area contributed by atoms with Crippen LogP contribution >= 0.6 is 0 Å². The normalized spacial score (nSPS) is 11.9. The topological polar surface area (TPSA) is 75.6 Å². The smallest absolute Gasteiger partial charge is 0.320 e. The van der Waals surface area contributed by atoms with E-state index in [4.69, 9.17) is 9.84 Å². The van der Waals surface area contributed by atoms with E-state index in [-0.39, 0.29) is 5.78 Å². The van der Waals surface area contributed by atoms with Crippen LogP contribution in [0.5, 0.6) is 5.75 Å². The number of benzene rings is 1. The minimum Gasteiger partial charge on any atom is -0.492 e. The number of carbonyl (C=O) groups excluding carboxylic acids is 1. The summed E-state index contributed by atoms with van der Waals surface area (Å²) < 4.78 is 5.45. The Morgan fingerprint density at radius 2 is 2.06 bits per heavy atom. The molecule has 0 amide bonds. The van der Waals surface area contributed by atoms with Crippen molar-refractivity contribution in [2.45, 2.75) is 19.9 Å². The second-order valence-electron chi connectivity index (χ2n) is 3.91. The first-order valence-corrected chi connectivity index (χ1v) is 5.71. The highest BCUT2D eigenvalue weighted by molar-refractivity contribution is 5.96.